The number of hydrogen-bond donors (Lipinski definition) is 0. The number of halogens is 1. The number of hydrogen-bond acceptors (Lipinski definition) is 1. The van der Waals surface area contributed by atoms with Gasteiger partial charge in [-0.15, -0.1) is 0 Å². The SMILES string of the molecule is CCO[SiH2][n+]1ccn(C)c1.[Cl-]. The third kappa shape index (κ3) is 3.55. The van der Waals surface area contributed by atoms with Crippen LogP contribution in [0.25, 0.3) is 0 Å². The van der Waals surface area contributed by atoms with Gasteiger partial charge >= 0.3 is 9.92 Å². The Hall–Kier alpha value is -0.323. The highest BCUT2D eigenvalue weighted by molar-refractivity contribution is 6.14. The van der Waals surface area contributed by atoms with Crippen LogP contribution >= 0.6 is 0 Å². The Morgan fingerprint density at radius 1 is 1.64 bits per heavy atom. The van der Waals surface area contributed by atoms with E-state index in [1.165, 1.54) is 0 Å². The standard InChI is InChI=1S/C6H13N2OSi.ClH/c1-3-9-10-8-5-4-7(2)6-8;/h4-6H,3,10H2,1-2H3;1H/q+1;/p-1. The minimum atomic E-state index is -0.495. The Morgan fingerprint density at radius 3 is 2.82 bits per heavy atom. The lowest BCUT2D eigenvalue weighted by Crippen LogP contribution is -3.00. The Balaban J connectivity index is 0.000001000. The molecule has 0 unspecified atom stereocenters. The molecule has 0 saturated carbocycles. The second kappa shape index (κ2) is 5.34. The Morgan fingerprint density at radius 2 is 2.36 bits per heavy atom. The second-order valence-corrected chi connectivity index (χ2v) is 3.61. The van der Waals surface area contributed by atoms with Crippen LogP contribution in [0.15, 0.2) is 18.7 Å². The van der Waals surface area contributed by atoms with Crippen molar-refractivity contribution in [2.45, 2.75) is 6.92 Å². The molecule has 0 atom stereocenters. The summed E-state index contributed by atoms with van der Waals surface area (Å²) in [6, 6.07) is 0. The lowest BCUT2D eigenvalue weighted by molar-refractivity contribution is -0.540. The molecule has 11 heavy (non-hydrogen) atoms. The third-order valence-corrected chi connectivity index (χ3v) is 2.53. The van der Waals surface area contributed by atoms with Crippen LogP contribution in [0.2, 0.25) is 0 Å². The fraction of sp³-hybridized carbons (Fsp3) is 0.500. The van der Waals surface area contributed by atoms with Gasteiger partial charge in [0.2, 0.25) is 6.33 Å². The molecular formula is C6H13ClN2OSi. The summed E-state index contributed by atoms with van der Waals surface area (Å²) in [4.78, 5) is 0. The molecule has 1 rings (SSSR count). The summed E-state index contributed by atoms with van der Waals surface area (Å²) in [6.45, 7) is 2.85. The summed E-state index contributed by atoms with van der Waals surface area (Å²) in [5.41, 5.74) is 0. The molecule has 0 amide bonds. The predicted octanol–water partition coefficient (Wildman–Crippen LogP) is -3.80. The highest BCUT2D eigenvalue weighted by Gasteiger charge is 1.98. The molecular weight excluding hydrogens is 180 g/mol. The van der Waals surface area contributed by atoms with Crippen molar-refractivity contribution >= 4 is 9.92 Å². The monoisotopic (exact) mass is 192 g/mol. The van der Waals surface area contributed by atoms with E-state index in [-0.39, 0.29) is 12.4 Å². The molecule has 0 N–H and O–H groups in total. The first-order valence-electron chi connectivity index (χ1n) is 3.41. The van der Waals surface area contributed by atoms with Crippen molar-refractivity contribution in [3.63, 3.8) is 0 Å². The molecule has 0 fully saturated rings. The first kappa shape index (κ1) is 10.7. The fourth-order valence-corrected chi connectivity index (χ4v) is 1.67. The molecule has 3 nitrogen and oxygen atoms in total. The van der Waals surface area contributed by atoms with Gasteiger partial charge in [0.25, 0.3) is 0 Å². The van der Waals surface area contributed by atoms with E-state index in [9.17, 15) is 0 Å². The molecule has 0 saturated heterocycles. The summed E-state index contributed by atoms with van der Waals surface area (Å²) in [5.74, 6) is 0. The number of aryl methyl sites for hydroxylation is 1. The minimum absolute atomic E-state index is 0. The molecule has 0 aromatic carbocycles. The van der Waals surface area contributed by atoms with Crippen LogP contribution in [0.1, 0.15) is 6.92 Å². The largest absolute Gasteiger partial charge is 1.00 e. The number of rotatable bonds is 3. The first-order valence-corrected chi connectivity index (χ1v) is 4.62. The van der Waals surface area contributed by atoms with Gasteiger partial charge in [0.1, 0.15) is 12.4 Å². The lowest BCUT2D eigenvalue weighted by atomic mass is 10.9. The van der Waals surface area contributed by atoms with E-state index in [4.69, 9.17) is 4.43 Å². The lowest BCUT2D eigenvalue weighted by Gasteiger charge is -1.92. The van der Waals surface area contributed by atoms with Crippen molar-refractivity contribution in [2.75, 3.05) is 6.61 Å². The molecule has 0 radical (unpaired) electrons. The summed E-state index contributed by atoms with van der Waals surface area (Å²) < 4.78 is 9.47. The molecule has 0 aliphatic rings. The zero-order valence-corrected chi connectivity index (χ0v) is 9.00. The van der Waals surface area contributed by atoms with Crippen LogP contribution in [-0.2, 0) is 11.5 Å². The molecule has 0 aliphatic carbocycles. The van der Waals surface area contributed by atoms with E-state index in [2.05, 4.69) is 4.23 Å². The molecule has 0 bridgehead atoms. The molecule has 0 spiro atoms. The average molecular weight is 193 g/mol. The highest BCUT2D eigenvalue weighted by Crippen LogP contribution is 1.74. The van der Waals surface area contributed by atoms with Gasteiger partial charge in [-0.1, -0.05) is 0 Å². The van der Waals surface area contributed by atoms with E-state index < -0.39 is 9.92 Å². The van der Waals surface area contributed by atoms with Gasteiger partial charge in [-0.2, -0.15) is 0 Å². The van der Waals surface area contributed by atoms with Gasteiger partial charge in [-0.25, -0.2) is 4.57 Å². The molecule has 5 heteroatoms. The fourth-order valence-electron chi connectivity index (χ4n) is 0.775. The average Bonchev–Trinajstić information content (AvgIpc) is 2.31. The maximum absolute atomic E-state index is 5.32. The van der Waals surface area contributed by atoms with Crippen LogP contribution in [0, 0.1) is 0 Å². The van der Waals surface area contributed by atoms with Crippen molar-refractivity contribution in [1.29, 1.82) is 0 Å². The van der Waals surface area contributed by atoms with Crippen molar-refractivity contribution in [3.8, 4) is 0 Å². The highest BCUT2D eigenvalue weighted by atomic mass is 35.5. The topological polar surface area (TPSA) is 18.0 Å². The molecule has 0 aliphatic heterocycles. The van der Waals surface area contributed by atoms with E-state index in [0.29, 0.717) is 0 Å². The van der Waals surface area contributed by atoms with E-state index in [1.54, 1.807) is 0 Å². The predicted molar refractivity (Wildman–Crippen MR) is 41.2 cm³/mol. The molecule has 1 heterocycles. The second-order valence-electron chi connectivity index (χ2n) is 2.22. The van der Waals surface area contributed by atoms with Crippen molar-refractivity contribution in [2.24, 2.45) is 7.05 Å². The van der Waals surface area contributed by atoms with Crippen LogP contribution in [-0.4, -0.2) is 21.1 Å². The first-order chi connectivity index (χ1) is 4.83. The van der Waals surface area contributed by atoms with E-state index in [1.807, 2.05) is 37.3 Å². The maximum atomic E-state index is 5.32. The van der Waals surface area contributed by atoms with Crippen molar-refractivity contribution in [1.82, 2.24) is 4.57 Å². The van der Waals surface area contributed by atoms with Gasteiger partial charge < -0.3 is 16.8 Å². The number of aromatic nitrogens is 2. The summed E-state index contributed by atoms with van der Waals surface area (Å²) >= 11 is 0. The Kier molecular flexibility index (Phi) is 5.19. The smallest absolute Gasteiger partial charge is 0.381 e. The van der Waals surface area contributed by atoms with Crippen LogP contribution < -0.4 is 16.6 Å². The van der Waals surface area contributed by atoms with E-state index >= 15 is 0 Å². The maximum Gasteiger partial charge on any atom is 0.381 e. The molecule has 1 aromatic heterocycles. The van der Waals surface area contributed by atoms with Crippen LogP contribution in [0.4, 0.5) is 0 Å². The van der Waals surface area contributed by atoms with Gasteiger partial charge in [0.15, 0.2) is 0 Å². The minimum Gasteiger partial charge on any atom is -1.00 e. The van der Waals surface area contributed by atoms with Gasteiger partial charge in [0.05, 0.1) is 7.05 Å². The van der Waals surface area contributed by atoms with Crippen LogP contribution in [0.3, 0.4) is 0 Å². The normalized spacial score (nSPS) is 10.4. The zero-order chi connectivity index (χ0) is 7.40. The number of imidazole rings is 1. The third-order valence-electron chi connectivity index (χ3n) is 1.27. The van der Waals surface area contributed by atoms with Gasteiger partial charge in [-0.05, 0) is 6.92 Å². The quantitative estimate of drug-likeness (QED) is 0.450. The Bertz CT molecular complexity index is 204. The summed E-state index contributed by atoms with van der Waals surface area (Å²) in [7, 11) is 1.52. The van der Waals surface area contributed by atoms with Gasteiger partial charge in [-0.3, -0.25) is 4.23 Å². The van der Waals surface area contributed by atoms with Gasteiger partial charge in [0, 0.05) is 6.61 Å². The molecule has 1 aromatic rings. The summed E-state index contributed by atoms with van der Waals surface area (Å²) in [5, 5.41) is 0. The number of nitrogens with zero attached hydrogens (tertiary/aromatic N) is 2. The van der Waals surface area contributed by atoms with Crippen LogP contribution in [0.5, 0.6) is 0 Å². The molecule has 64 valence electrons. The summed E-state index contributed by atoms with van der Waals surface area (Å²) in [6.07, 6.45) is 6.11. The van der Waals surface area contributed by atoms with E-state index in [0.717, 1.165) is 6.61 Å². The van der Waals surface area contributed by atoms with Crippen molar-refractivity contribution < 1.29 is 21.1 Å². The van der Waals surface area contributed by atoms with Crippen molar-refractivity contribution in [3.05, 3.63) is 18.7 Å². The Labute approximate surface area is 75.4 Å². The zero-order valence-electron chi connectivity index (χ0n) is 6.83.